The highest BCUT2D eigenvalue weighted by molar-refractivity contribution is 5.24. The molecule has 2 aromatic rings. The molecule has 0 aliphatic carbocycles. The first-order chi connectivity index (χ1) is 6.86. The monoisotopic (exact) mass is 188 g/mol. The van der Waals surface area contributed by atoms with Gasteiger partial charge < -0.3 is 9.94 Å². The van der Waals surface area contributed by atoms with Gasteiger partial charge in [0.25, 0.3) is 0 Å². The Balaban J connectivity index is 2.24. The Bertz CT molecular complexity index is 417. The second-order valence-corrected chi connectivity index (χ2v) is 2.65. The Labute approximate surface area is 81.0 Å². The van der Waals surface area contributed by atoms with E-state index in [1.165, 1.54) is 6.20 Å². The highest BCUT2D eigenvalue weighted by Crippen LogP contribution is 2.15. The normalized spacial score (nSPS) is 9.71. The first-order valence-corrected chi connectivity index (χ1v) is 4.14. The summed E-state index contributed by atoms with van der Waals surface area (Å²) in [6.45, 7) is 0. The molecule has 0 bridgehead atoms. The average Bonchev–Trinajstić information content (AvgIpc) is 2.23. The maximum atomic E-state index is 11.1. The zero-order valence-corrected chi connectivity index (χ0v) is 7.33. The Morgan fingerprint density at radius 1 is 1.07 bits per heavy atom. The van der Waals surface area contributed by atoms with Gasteiger partial charge in [-0.3, -0.25) is 0 Å². The quantitative estimate of drug-likeness (QED) is 0.530. The van der Waals surface area contributed by atoms with Crippen LogP contribution in [-0.4, -0.2) is 5.10 Å². The summed E-state index contributed by atoms with van der Waals surface area (Å²) in [6.07, 6.45) is 1.41. The van der Waals surface area contributed by atoms with E-state index in [0.717, 1.165) is 0 Å². The van der Waals surface area contributed by atoms with Crippen LogP contribution in [0.4, 0.5) is 0 Å². The van der Waals surface area contributed by atoms with E-state index in [0.29, 0.717) is 10.6 Å². The lowest BCUT2D eigenvalue weighted by Gasteiger charge is -2.02. The van der Waals surface area contributed by atoms with E-state index in [1.807, 2.05) is 18.2 Å². The molecule has 0 saturated carbocycles. The Morgan fingerprint density at radius 2 is 1.86 bits per heavy atom. The summed E-state index contributed by atoms with van der Waals surface area (Å²) in [6, 6.07) is 12.3. The van der Waals surface area contributed by atoms with E-state index in [2.05, 4.69) is 5.10 Å². The third-order valence-electron chi connectivity index (χ3n) is 1.65. The molecule has 1 aromatic heterocycles. The number of ether oxygens (including phenoxy) is 1. The summed E-state index contributed by atoms with van der Waals surface area (Å²) >= 11 is 0. The van der Waals surface area contributed by atoms with Crippen molar-refractivity contribution >= 4 is 0 Å². The van der Waals surface area contributed by atoms with Gasteiger partial charge in [-0.2, -0.15) is 0 Å². The molecule has 0 N–H and O–H groups in total. The van der Waals surface area contributed by atoms with Gasteiger partial charge in [0.2, 0.25) is 0 Å². The molecular formula is C10H8N2O2. The molecule has 4 nitrogen and oxygen atoms in total. The van der Waals surface area contributed by atoms with Crippen molar-refractivity contribution in [2.75, 3.05) is 0 Å². The van der Waals surface area contributed by atoms with Crippen molar-refractivity contribution < 1.29 is 9.58 Å². The van der Waals surface area contributed by atoms with E-state index in [1.54, 1.807) is 24.3 Å². The van der Waals surface area contributed by atoms with Crippen molar-refractivity contribution in [3.05, 3.63) is 53.9 Å². The average molecular weight is 188 g/mol. The van der Waals surface area contributed by atoms with Gasteiger partial charge in [0.05, 0.1) is 12.3 Å². The predicted octanol–water partition coefficient (Wildman–Crippen LogP) is 1.51. The van der Waals surface area contributed by atoms with E-state index >= 15 is 0 Å². The van der Waals surface area contributed by atoms with Gasteiger partial charge in [-0.25, -0.2) is 0 Å². The fourth-order valence-corrected chi connectivity index (χ4v) is 1.03. The lowest BCUT2D eigenvalue weighted by molar-refractivity contribution is -0.673. The number of benzene rings is 1. The molecule has 0 amide bonds. The summed E-state index contributed by atoms with van der Waals surface area (Å²) in [5, 5.41) is 14.6. The highest BCUT2D eigenvalue weighted by Gasteiger charge is 2.06. The second kappa shape index (κ2) is 3.74. The highest BCUT2D eigenvalue weighted by atomic mass is 16.6. The summed E-state index contributed by atoms with van der Waals surface area (Å²) < 4.78 is 5.30. The first-order valence-electron chi connectivity index (χ1n) is 4.14. The van der Waals surface area contributed by atoms with Crippen LogP contribution >= 0.6 is 0 Å². The molecule has 1 heterocycles. The van der Waals surface area contributed by atoms with Crippen LogP contribution in [-0.2, 0) is 0 Å². The maximum absolute atomic E-state index is 11.1. The number of hydrogen-bond donors (Lipinski definition) is 0. The van der Waals surface area contributed by atoms with Crippen LogP contribution in [0.3, 0.4) is 0 Å². The molecule has 70 valence electrons. The molecular weight excluding hydrogens is 180 g/mol. The fraction of sp³-hybridized carbons (Fsp3) is 0. The molecule has 1 aromatic carbocycles. The summed E-state index contributed by atoms with van der Waals surface area (Å²) in [5.74, 6) is 0.781. The molecule has 0 aliphatic heterocycles. The van der Waals surface area contributed by atoms with Crippen molar-refractivity contribution in [3.8, 4) is 11.6 Å². The van der Waals surface area contributed by atoms with Gasteiger partial charge in [0.15, 0.2) is 0 Å². The van der Waals surface area contributed by atoms with E-state index in [-0.39, 0.29) is 5.88 Å². The molecule has 0 fully saturated rings. The van der Waals surface area contributed by atoms with Crippen LogP contribution in [0.15, 0.2) is 48.7 Å². The minimum atomic E-state index is 0.165. The second-order valence-electron chi connectivity index (χ2n) is 2.65. The number of nitrogens with zero attached hydrogens (tertiary/aromatic N) is 2. The zero-order chi connectivity index (χ0) is 9.80. The van der Waals surface area contributed by atoms with Gasteiger partial charge in [-0.05, 0) is 23.0 Å². The number of aromatic nitrogens is 2. The molecule has 0 atom stereocenters. The van der Waals surface area contributed by atoms with Crippen LogP contribution in [0.5, 0.6) is 11.6 Å². The largest absolute Gasteiger partial charge is 0.591 e. The van der Waals surface area contributed by atoms with Crippen LogP contribution < -0.4 is 9.58 Å². The minimum Gasteiger partial charge on any atom is -0.591 e. The van der Waals surface area contributed by atoms with Gasteiger partial charge in [0, 0.05) is 5.10 Å². The number of para-hydroxylation sites is 1. The lowest BCUT2D eigenvalue weighted by Crippen LogP contribution is -2.31. The third-order valence-corrected chi connectivity index (χ3v) is 1.65. The summed E-state index contributed by atoms with van der Waals surface area (Å²) in [7, 11) is 0. The Morgan fingerprint density at radius 3 is 2.57 bits per heavy atom. The topological polar surface area (TPSA) is 49.1 Å². The molecule has 0 saturated heterocycles. The Hall–Kier alpha value is -2.10. The van der Waals surface area contributed by atoms with Crippen LogP contribution in [0.2, 0.25) is 0 Å². The summed E-state index contributed by atoms with van der Waals surface area (Å²) in [5.41, 5.74) is 0. The van der Waals surface area contributed by atoms with Crippen molar-refractivity contribution in [3.63, 3.8) is 0 Å². The van der Waals surface area contributed by atoms with E-state index < -0.39 is 0 Å². The van der Waals surface area contributed by atoms with Gasteiger partial charge in [-0.1, -0.05) is 18.2 Å². The summed E-state index contributed by atoms with van der Waals surface area (Å²) in [4.78, 5) is 0.437. The molecule has 4 heteroatoms. The van der Waals surface area contributed by atoms with Crippen molar-refractivity contribution in [1.82, 2.24) is 5.10 Å². The van der Waals surface area contributed by atoms with Crippen LogP contribution in [0.25, 0.3) is 0 Å². The minimum absolute atomic E-state index is 0.165. The van der Waals surface area contributed by atoms with Gasteiger partial charge in [0.1, 0.15) is 5.75 Å². The van der Waals surface area contributed by atoms with E-state index in [4.69, 9.17) is 4.74 Å². The molecule has 0 unspecified atom stereocenters. The molecule has 2 rings (SSSR count). The van der Waals surface area contributed by atoms with E-state index in [9.17, 15) is 5.21 Å². The maximum Gasteiger partial charge on any atom is 0.411 e. The molecule has 0 spiro atoms. The lowest BCUT2D eigenvalue weighted by atomic mass is 10.3. The molecule has 0 radical (unpaired) electrons. The van der Waals surface area contributed by atoms with Crippen molar-refractivity contribution in [2.24, 2.45) is 0 Å². The zero-order valence-electron chi connectivity index (χ0n) is 7.33. The predicted molar refractivity (Wildman–Crippen MR) is 49.7 cm³/mol. The smallest absolute Gasteiger partial charge is 0.411 e. The molecule has 0 aliphatic rings. The fourth-order valence-electron chi connectivity index (χ4n) is 1.03. The van der Waals surface area contributed by atoms with Crippen LogP contribution in [0, 0.1) is 5.21 Å². The van der Waals surface area contributed by atoms with Gasteiger partial charge in [-0.15, -0.1) is 0 Å². The van der Waals surface area contributed by atoms with Crippen molar-refractivity contribution in [1.29, 1.82) is 0 Å². The third kappa shape index (κ3) is 1.80. The first kappa shape index (κ1) is 8.50. The van der Waals surface area contributed by atoms with Crippen LogP contribution in [0.1, 0.15) is 0 Å². The number of rotatable bonds is 2. The molecule has 14 heavy (non-hydrogen) atoms. The van der Waals surface area contributed by atoms with Gasteiger partial charge >= 0.3 is 5.88 Å². The van der Waals surface area contributed by atoms with Crippen molar-refractivity contribution in [2.45, 2.75) is 0 Å². The number of hydrogen-bond acceptors (Lipinski definition) is 3. The SMILES string of the molecule is [O-][n+]1ncccc1Oc1ccccc1. The standard InChI is InChI=1S/C10H8N2O2/c13-12-10(7-4-8-11-12)14-9-5-2-1-3-6-9/h1-8H. The Kier molecular flexibility index (Phi) is 2.27.